The van der Waals surface area contributed by atoms with Crippen LogP contribution in [-0.4, -0.2) is 40.0 Å². The molecular formula is C19H19N7O. The van der Waals surface area contributed by atoms with Gasteiger partial charge < -0.3 is 20.9 Å². The highest BCUT2D eigenvalue weighted by atomic mass is 16.1. The molecule has 0 spiro atoms. The van der Waals surface area contributed by atoms with Crippen molar-refractivity contribution in [3.8, 4) is 6.07 Å². The number of nitrogens with one attached hydrogen (secondary N) is 2. The van der Waals surface area contributed by atoms with Crippen LogP contribution in [0, 0.1) is 11.3 Å². The molecule has 0 radical (unpaired) electrons. The normalized spacial score (nSPS) is 16.9. The van der Waals surface area contributed by atoms with Gasteiger partial charge in [0.2, 0.25) is 0 Å². The van der Waals surface area contributed by atoms with Crippen molar-refractivity contribution in [3.05, 3.63) is 48.0 Å². The third-order valence-electron chi connectivity index (χ3n) is 4.74. The number of nitrogens with two attached hydrogens (primary N) is 1. The number of aromatic amines is 1. The van der Waals surface area contributed by atoms with E-state index >= 15 is 0 Å². The van der Waals surface area contributed by atoms with Crippen LogP contribution in [0.25, 0.3) is 11.0 Å². The van der Waals surface area contributed by atoms with E-state index in [2.05, 4.69) is 31.2 Å². The summed E-state index contributed by atoms with van der Waals surface area (Å²) >= 11 is 0. The Kier molecular flexibility index (Phi) is 4.44. The van der Waals surface area contributed by atoms with Crippen molar-refractivity contribution in [1.29, 1.82) is 5.26 Å². The van der Waals surface area contributed by atoms with E-state index in [1.807, 2.05) is 0 Å². The number of pyridine rings is 2. The van der Waals surface area contributed by atoms with Crippen LogP contribution in [0.15, 0.2) is 36.9 Å². The minimum atomic E-state index is -0.271. The summed E-state index contributed by atoms with van der Waals surface area (Å²) in [7, 11) is 0. The van der Waals surface area contributed by atoms with E-state index in [1.165, 1.54) is 6.20 Å². The Morgan fingerprint density at radius 1 is 1.44 bits per heavy atom. The number of hydrogen-bond donors (Lipinski definition) is 3. The molecule has 0 aliphatic carbocycles. The topological polar surface area (TPSA) is 124 Å². The molecule has 8 nitrogen and oxygen atoms in total. The van der Waals surface area contributed by atoms with Crippen molar-refractivity contribution in [2.75, 3.05) is 23.3 Å². The molecule has 0 saturated carbocycles. The smallest absolute Gasteiger partial charge is 0.257 e. The average molecular weight is 361 g/mol. The lowest BCUT2D eigenvalue weighted by atomic mass is 10.0. The highest BCUT2D eigenvalue weighted by molar-refractivity contribution is 6.11. The SMILES string of the molecule is N#Cc1cnc2[nH]cc(NC(=O)c3cccnc3)c2c1N1CCCC(N)C1. The number of carbonyl (C=O) groups excluding carboxylic acids is 1. The molecule has 27 heavy (non-hydrogen) atoms. The third-order valence-corrected chi connectivity index (χ3v) is 4.74. The van der Waals surface area contributed by atoms with E-state index in [9.17, 15) is 10.1 Å². The van der Waals surface area contributed by atoms with E-state index in [-0.39, 0.29) is 11.9 Å². The first-order valence-electron chi connectivity index (χ1n) is 8.79. The van der Waals surface area contributed by atoms with Crippen molar-refractivity contribution in [1.82, 2.24) is 15.0 Å². The highest BCUT2D eigenvalue weighted by Crippen LogP contribution is 2.36. The number of piperidine rings is 1. The zero-order valence-corrected chi connectivity index (χ0v) is 14.6. The molecule has 3 aromatic rings. The van der Waals surface area contributed by atoms with Gasteiger partial charge in [0.1, 0.15) is 11.7 Å². The van der Waals surface area contributed by atoms with Gasteiger partial charge >= 0.3 is 0 Å². The Hall–Kier alpha value is -3.44. The van der Waals surface area contributed by atoms with Gasteiger partial charge in [0, 0.05) is 43.9 Å². The zero-order valence-electron chi connectivity index (χ0n) is 14.6. The molecule has 1 atom stereocenters. The standard InChI is InChI=1S/C19H19N7O/c20-7-13-9-23-18-16(17(13)26-6-2-4-14(21)11-26)15(10-24-18)25-19(27)12-3-1-5-22-8-12/h1,3,5,8-10,14H,2,4,6,11,21H2,(H,23,24)(H,25,27). The van der Waals surface area contributed by atoms with E-state index < -0.39 is 0 Å². The van der Waals surface area contributed by atoms with Crippen LogP contribution in [0.3, 0.4) is 0 Å². The minimum absolute atomic E-state index is 0.0564. The number of H-pyrrole nitrogens is 1. The van der Waals surface area contributed by atoms with Crippen LogP contribution in [0.2, 0.25) is 0 Å². The lowest BCUT2D eigenvalue weighted by molar-refractivity contribution is 0.102. The largest absolute Gasteiger partial charge is 0.368 e. The molecular weight excluding hydrogens is 342 g/mol. The Morgan fingerprint density at radius 3 is 3.07 bits per heavy atom. The van der Waals surface area contributed by atoms with Crippen LogP contribution >= 0.6 is 0 Å². The number of fused-ring (bicyclic) bond motifs is 1. The maximum atomic E-state index is 12.6. The lowest BCUT2D eigenvalue weighted by Crippen LogP contribution is -2.43. The molecule has 1 aliphatic rings. The number of rotatable bonds is 3. The molecule has 4 rings (SSSR count). The van der Waals surface area contributed by atoms with Crippen LogP contribution in [0.5, 0.6) is 0 Å². The Balaban J connectivity index is 1.78. The summed E-state index contributed by atoms with van der Waals surface area (Å²) < 4.78 is 0. The maximum Gasteiger partial charge on any atom is 0.257 e. The zero-order chi connectivity index (χ0) is 18.8. The van der Waals surface area contributed by atoms with Crippen LogP contribution in [0.1, 0.15) is 28.8 Å². The molecule has 0 bridgehead atoms. The summed E-state index contributed by atoms with van der Waals surface area (Å²) in [5.74, 6) is -0.271. The van der Waals surface area contributed by atoms with Gasteiger partial charge in [0.15, 0.2) is 0 Å². The van der Waals surface area contributed by atoms with E-state index in [0.717, 1.165) is 30.5 Å². The second kappa shape index (κ2) is 7.05. The highest BCUT2D eigenvalue weighted by Gasteiger charge is 2.24. The minimum Gasteiger partial charge on any atom is -0.368 e. The van der Waals surface area contributed by atoms with Crippen molar-refractivity contribution in [3.63, 3.8) is 0 Å². The number of nitrogens with zero attached hydrogens (tertiary/aromatic N) is 4. The molecule has 4 N–H and O–H groups in total. The van der Waals surface area contributed by atoms with Crippen molar-refractivity contribution in [2.24, 2.45) is 5.73 Å². The molecule has 1 fully saturated rings. The Morgan fingerprint density at radius 2 is 2.33 bits per heavy atom. The van der Waals surface area contributed by atoms with Gasteiger partial charge in [0.25, 0.3) is 5.91 Å². The molecule has 3 aromatic heterocycles. The molecule has 1 amide bonds. The fraction of sp³-hybridized carbons (Fsp3) is 0.263. The second-order valence-electron chi connectivity index (χ2n) is 6.60. The Bertz CT molecular complexity index is 1020. The fourth-order valence-corrected chi connectivity index (χ4v) is 3.49. The summed E-state index contributed by atoms with van der Waals surface area (Å²) in [5, 5.41) is 13.2. The molecule has 1 unspecified atom stereocenters. The summed E-state index contributed by atoms with van der Waals surface area (Å²) in [5.41, 5.74) is 9.03. The van der Waals surface area contributed by atoms with Crippen molar-refractivity contribution >= 4 is 28.3 Å². The number of carbonyl (C=O) groups is 1. The van der Waals surface area contributed by atoms with Gasteiger partial charge in [-0.15, -0.1) is 0 Å². The summed E-state index contributed by atoms with van der Waals surface area (Å²) in [4.78, 5) is 26.1. The van der Waals surface area contributed by atoms with Crippen LogP contribution < -0.4 is 16.0 Å². The molecule has 136 valence electrons. The monoisotopic (exact) mass is 361 g/mol. The van der Waals surface area contributed by atoms with Gasteiger partial charge in [-0.2, -0.15) is 5.26 Å². The number of amides is 1. The Labute approximate surface area is 156 Å². The number of nitriles is 1. The number of hydrogen-bond acceptors (Lipinski definition) is 6. The van der Waals surface area contributed by atoms with Crippen LogP contribution in [0.4, 0.5) is 11.4 Å². The molecule has 1 aliphatic heterocycles. The molecule has 8 heteroatoms. The third kappa shape index (κ3) is 3.20. The predicted molar refractivity (Wildman–Crippen MR) is 102 cm³/mol. The van der Waals surface area contributed by atoms with Crippen molar-refractivity contribution in [2.45, 2.75) is 18.9 Å². The summed E-state index contributed by atoms with van der Waals surface area (Å²) in [6.07, 6.45) is 8.29. The quantitative estimate of drug-likeness (QED) is 0.655. The first kappa shape index (κ1) is 17.0. The first-order valence-corrected chi connectivity index (χ1v) is 8.79. The van der Waals surface area contributed by atoms with Crippen molar-refractivity contribution < 1.29 is 4.79 Å². The first-order chi connectivity index (χ1) is 13.2. The van der Waals surface area contributed by atoms with Gasteiger partial charge in [-0.25, -0.2) is 4.98 Å². The second-order valence-corrected chi connectivity index (χ2v) is 6.60. The fourth-order valence-electron chi connectivity index (χ4n) is 3.49. The van der Waals surface area contributed by atoms with E-state index in [1.54, 1.807) is 30.7 Å². The summed E-state index contributed by atoms with van der Waals surface area (Å²) in [6.45, 7) is 1.47. The summed E-state index contributed by atoms with van der Waals surface area (Å²) in [6, 6.07) is 5.68. The molecule has 0 aromatic carbocycles. The van der Waals surface area contributed by atoms with Gasteiger partial charge in [-0.1, -0.05) is 0 Å². The lowest BCUT2D eigenvalue weighted by Gasteiger charge is -2.33. The van der Waals surface area contributed by atoms with Gasteiger partial charge in [0.05, 0.1) is 27.9 Å². The van der Waals surface area contributed by atoms with Crippen LogP contribution in [-0.2, 0) is 0 Å². The predicted octanol–water partition coefficient (Wildman–Crippen LogP) is 2.01. The maximum absolute atomic E-state index is 12.6. The average Bonchev–Trinajstić information content (AvgIpc) is 3.10. The van der Waals surface area contributed by atoms with E-state index in [0.29, 0.717) is 29.0 Å². The molecule has 4 heterocycles. The van der Waals surface area contributed by atoms with E-state index in [4.69, 9.17) is 5.73 Å². The van der Waals surface area contributed by atoms with Gasteiger partial charge in [-0.3, -0.25) is 9.78 Å². The number of anilines is 2. The molecule has 1 saturated heterocycles. The van der Waals surface area contributed by atoms with Gasteiger partial charge in [-0.05, 0) is 25.0 Å². The number of aromatic nitrogens is 3.